The Kier molecular flexibility index (Phi) is 5.89. The normalized spacial score (nSPS) is 11.5. The minimum Gasteiger partial charge on any atom is -0.411 e. The molecule has 28 heavy (non-hydrogen) atoms. The van der Waals surface area contributed by atoms with Crippen LogP contribution in [0.3, 0.4) is 0 Å². The van der Waals surface area contributed by atoms with Gasteiger partial charge in [0.05, 0.1) is 5.75 Å². The van der Waals surface area contributed by atoms with Crippen LogP contribution < -0.4 is 5.32 Å². The molecule has 0 spiro atoms. The average molecular weight is 396 g/mol. The third-order valence-electron chi connectivity index (χ3n) is 4.24. The molecule has 6 heteroatoms. The molecule has 0 aliphatic rings. The molecule has 146 valence electrons. The maximum Gasteiger partial charge on any atom is 0.277 e. The molecule has 1 N–H and O–H groups in total. The molecule has 1 aromatic heterocycles. The van der Waals surface area contributed by atoms with Crippen LogP contribution in [0.4, 0.5) is 5.69 Å². The van der Waals surface area contributed by atoms with E-state index in [2.05, 4.69) is 54.5 Å². The van der Waals surface area contributed by atoms with Gasteiger partial charge >= 0.3 is 0 Å². The van der Waals surface area contributed by atoms with Crippen LogP contribution in [0.5, 0.6) is 0 Å². The molecule has 1 amide bonds. The van der Waals surface area contributed by atoms with E-state index in [0.29, 0.717) is 11.1 Å². The van der Waals surface area contributed by atoms with E-state index >= 15 is 0 Å². The third-order valence-corrected chi connectivity index (χ3v) is 5.05. The number of carbonyl (C=O) groups is 1. The summed E-state index contributed by atoms with van der Waals surface area (Å²) in [5.41, 5.74) is 5.23. The monoisotopic (exact) mass is 395 g/mol. The predicted molar refractivity (Wildman–Crippen MR) is 114 cm³/mol. The van der Waals surface area contributed by atoms with Crippen molar-refractivity contribution < 1.29 is 9.21 Å². The van der Waals surface area contributed by atoms with E-state index in [1.54, 1.807) is 0 Å². The molecule has 3 rings (SSSR count). The first-order chi connectivity index (χ1) is 13.2. The van der Waals surface area contributed by atoms with Crippen molar-refractivity contribution in [2.24, 2.45) is 0 Å². The Morgan fingerprint density at radius 1 is 1.04 bits per heavy atom. The lowest BCUT2D eigenvalue weighted by Gasteiger charge is -2.18. The first kappa shape index (κ1) is 20.1. The fourth-order valence-electron chi connectivity index (χ4n) is 2.87. The number of carbonyl (C=O) groups excluding carboxylic acids is 1. The number of nitrogens with one attached hydrogen (secondary N) is 1. The van der Waals surface area contributed by atoms with Crippen LogP contribution >= 0.6 is 11.8 Å². The van der Waals surface area contributed by atoms with Crippen LogP contribution in [0.1, 0.15) is 37.5 Å². The lowest BCUT2D eigenvalue weighted by Crippen LogP contribution is -2.14. The molecule has 0 aliphatic heterocycles. The lowest BCUT2D eigenvalue weighted by atomic mass is 9.87. The van der Waals surface area contributed by atoms with Gasteiger partial charge in [0, 0.05) is 11.3 Å². The van der Waals surface area contributed by atoms with E-state index in [1.165, 1.54) is 17.3 Å². The number of nitrogens with zero attached hydrogens (tertiary/aromatic N) is 2. The number of aryl methyl sites for hydroxylation is 2. The zero-order valence-electron chi connectivity index (χ0n) is 16.9. The summed E-state index contributed by atoms with van der Waals surface area (Å²) < 4.78 is 5.69. The van der Waals surface area contributed by atoms with Gasteiger partial charge in [0.2, 0.25) is 11.8 Å². The third kappa shape index (κ3) is 5.23. The smallest absolute Gasteiger partial charge is 0.277 e. The Bertz CT molecular complexity index is 952. The molecule has 1 heterocycles. The highest BCUT2D eigenvalue weighted by atomic mass is 32.2. The summed E-state index contributed by atoms with van der Waals surface area (Å²) in [6.45, 7) is 10.5. The molecule has 3 aromatic rings. The van der Waals surface area contributed by atoms with Crippen molar-refractivity contribution in [1.82, 2.24) is 10.2 Å². The molecule has 5 nitrogen and oxygen atoms in total. The van der Waals surface area contributed by atoms with Crippen molar-refractivity contribution in [1.29, 1.82) is 0 Å². The minimum atomic E-state index is -0.107. The van der Waals surface area contributed by atoms with Gasteiger partial charge in [-0.1, -0.05) is 50.7 Å². The largest absolute Gasteiger partial charge is 0.411 e. The Hall–Kier alpha value is -2.60. The topological polar surface area (TPSA) is 68.0 Å². The standard InChI is InChI=1S/C22H25N3O2S/c1-14-10-15(2)12-18(11-14)23-19(26)13-28-21-25-24-20(27-21)16-6-8-17(9-7-16)22(3,4)5/h6-12H,13H2,1-5H3,(H,23,26). The predicted octanol–water partition coefficient (Wildman–Crippen LogP) is 5.38. The number of hydrogen-bond acceptors (Lipinski definition) is 5. The van der Waals surface area contributed by atoms with Gasteiger partial charge in [-0.2, -0.15) is 0 Å². The Morgan fingerprint density at radius 3 is 2.29 bits per heavy atom. The fourth-order valence-corrected chi connectivity index (χ4v) is 3.43. The van der Waals surface area contributed by atoms with Crippen LogP contribution in [0, 0.1) is 13.8 Å². The molecule has 0 saturated heterocycles. The van der Waals surface area contributed by atoms with Crippen molar-refractivity contribution in [3.8, 4) is 11.5 Å². The summed E-state index contributed by atoms with van der Waals surface area (Å²) in [4.78, 5) is 12.2. The van der Waals surface area contributed by atoms with Crippen molar-refractivity contribution in [2.75, 3.05) is 11.1 Å². The second-order valence-electron chi connectivity index (χ2n) is 7.91. The van der Waals surface area contributed by atoms with Gasteiger partial charge < -0.3 is 9.73 Å². The molecule has 0 saturated carbocycles. The molecule has 0 fully saturated rings. The van der Waals surface area contributed by atoms with Crippen LogP contribution in [0.25, 0.3) is 11.5 Å². The number of benzene rings is 2. The second kappa shape index (κ2) is 8.19. The van der Waals surface area contributed by atoms with Gasteiger partial charge in [-0.05, 0) is 60.2 Å². The highest BCUT2D eigenvalue weighted by Gasteiger charge is 2.15. The van der Waals surface area contributed by atoms with Crippen molar-refractivity contribution >= 4 is 23.4 Å². The maximum atomic E-state index is 12.2. The number of rotatable bonds is 5. The Labute approximate surface area is 170 Å². The van der Waals surface area contributed by atoms with E-state index in [1.807, 2.05) is 38.1 Å². The lowest BCUT2D eigenvalue weighted by molar-refractivity contribution is -0.113. The molecular formula is C22H25N3O2S. The molecule has 0 bridgehead atoms. The summed E-state index contributed by atoms with van der Waals surface area (Å²) in [6.07, 6.45) is 0. The minimum absolute atomic E-state index is 0.0948. The first-order valence-electron chi connectivity index (χ1n) is 9.16. The first-order valence-corrected chi connectivity index (χ1v) is 10.1. The van der Waals surface area contributed by atoms with E-state index < -0.39 is 0 Å². The molecule has 0 unspecified atom stereocenters. The summed E-state index contributed by atoms with van der Waals surface area (Å²) >= 11 is 1.23. The van der Waals surface area contributed by atoms with Gasteiger partial charge in [-0.25, -0.2) is 0 Å². The Morgan fingerprint density at radius 2 is 1.68 bits per heavy atom. The van der Waals surface area contributed by atoms with E-state index in [9.17, 15) is 4.79 Å². The zero-order chi connectivity index (χ0) is 20.3. The molecule has 0 aliphatic carbocycles. The number of thioether (sulfide) groups is 1. The van der Waals surface area contributed by atoms with Crippen molar-refractivity contribution in [3.63, 3.8) is 0 Å². The molecule has 0 radical (unpaired) electrons. The summed E-state index contributed by atoms with van der Waals surface area (Å²) in [5.74, 6) is 0.555. The van der Waals surface area contributed by atoms with E-state index in [-0.39, 0.29) is 17.1 Å². The fraction of sp³-hybridized carbons (Fsp3) is 0.318. The second-order valence-corrected chi connectivity index (χ2v) is 8.84. The quantitative estimate of drug-likeness (QED) is 0.587. The van der Waals surface area contributed by atoms with E-state index in [4.69, 9.17) is 4.42 Å². The van der Waals surface area contributed by atoms with Gasteiger partial charge in [-0.3, -0.25) is 4.79 Å². The van der Waals surface area contributed by atoms with E-state index in [0.717, 1.165) is 22.4 Å². The molecular weight excluding hydrogens is 370 g/mol. The molecule has 2 aromatic carbocycles. The van der Waals surface area contributed by atoms with Crippen LogP contribution in [0.2, 0.25) is 0 Å². The maximum absolute atomic E-state index is 12.2. The van der Waals surface area contributed by atoms with Crippen molar-refractivity contribution in [3.05, 3.63) is 59.2 Å². The van der Waals surface area contributed by atoms with Gasteiger partial charge in [0.1, 0.15) is 0 Å². The number of aromatic nitrogens is 2. The Balaban J connectivity index is 1.59. The highest BCUT2D eigenvalue weighted by molar-refractivity contribution is 7.99. The van der Waals surface area contributed by atoms with Gasteiger partial charge in [-0.15, -0.1) is 10.2 Å². The van der Waals surface area contributed by atoms with Crippen LogP contribution in [-0.2, 0) is 10.2 Å². The molecule has 0 atom stereocenters. The number of hydrogen-bond donors (Lipinski definition) is 1. The van der Waals surface area contributed by atoms with Crippen LogP contribution in [0.15, 0.2) is 52.1 Å². The number of amides is 1. The average Bonchev–Trinajstić information content (AvgIpc) is 3.07. The SMILES string of the molecule is Cc1cc(C)cc(NC(=O)CSc2nnc(-c3ccc(C(C)(C)C)cc3)o2)c1. The summed E-state index contributed by atoms with van der Waals surface area (Å²) in [7, 11) is 0. The van der Waals surface area contributed by atoms with Gasteiger partial charge in [0.25, 0.3) is 5.22 Å². The summed E-state index contributed by atoms with van der Waals surface area (Å²) in [5, 5.41) is 11.4. The zero-order valence-corrected chi connectivity index (χ0v) is 17.7. The summed E-state index contributed by atoms with van der Waals surface area (Å²) in [6, 6.07) is 14.1. The van der Waals surface area contributed by atoms with Crippen molar-refractivity contribution in [2.45, 2.75) is 45.3 Å². The highest BCUT2D eigenvalue weighted by Crippen LogP contribution is 2.27. The number of anilines is 1. The van der Waals surface area contributed by atoms with Crippen LogP contribution in [-0.4, -0.2) is 21.9 Å². The van der Waals surface area contributed by atoms with Gasteiger partial charge in [0.15, 0.2) is 0 Å².